The van der Waals surface area contributed by atoms with Crippen LogP contribution in [0.25, 0.3) is 0 Å². The van der Waals surface area contributed by atoms with Crippen molar-refractivity contribution in [3.05, 3.63) is 18.3 Å². The van der Waals surface area contributed by atoms with Gasteiger partial charge in [0.15, 0.2) is 0 Å². The number of nitrogens with zero attached hydrogens (tertiary/aromatic N) is 2. The number of aromatic nitrogens is 1. The molecule has 0 bridgehead atoms. The van der Waals surface area contributed by atoms with Gasteiger partial charge in [0.1, 0.15) is 5.82 Å². The number of hydrogen-bond donors (Lipinski definition) is 2. The molecule has 0 spiro atoms. The van der Waals surface area contributed by atoms with Crippen molar-refractivity contribution in [1.82, 2.24) is 4.98 Å². The molecule has 4 heteroatoms. The Balaban J connectivity index is 1.92. The van der Waals surface area contributed by atoms with Gasteiger partial charge in [-0.2, -0.15) is 0 Å². The van der Waals surface area contributed by atoms with Crippen molar-refractivity contribution in [2.45, 2.75) is 24.9 Å². The molecule has 0 aromatic carbocycles. The fourth-order valence-electron chi connectivity index (χ4n) is 1.75. The quantitative estimate of drug-likeness (QED) is 0.776. The van der Waals surface area contributed by atoms with Gasteiger partial charge in [-0.3, -0.25) is 0 Å². The maximum absolute atomic E-state index is 5.72. The van der Waals surface area contributed by atoms with Crippen LogP contribution >= 0.6 is 0 Å². The molecule has 1 aliphatic rings. The molecule has 0 saturated heterocycles. The molecule has 0 unspecified atom stereocenters. The van der Waals surface area contributed by atoms with E-state index in [2.05, 4.69) is 16.4 Å². The predicted octanol–water partition coefficient (Wildman–Crippen LogP) is 1.05. The monoisotopic (exact) mass is 206 g/mol. The Labute approximate surface area is 90.5 Å². The molecule has 15 heavy (non-hydrogen) atoms. The lowest BCUT2D eigenvalue weighted by Crippen LogP contribution is -2.44. The van der Waals surface area contributed by atoms with Crippen LogP contribution < -0.4 is 16.0 Å². The van der Waals surface area contributed by atoms with E-state index in [4.69, 9.17) is 5.73 Å². The van der Waals surface area contributed by atoms with Gasteiger partial charge in [-0.05, 0) is 25.0 Å². The van der Waals surface area contributed by atoms with Crippen molar-refractivity contribution in [2.24, 2.45) is 5.73 Å². The summed E-state index contributed by atoms with van der Waals surface area (Å²) >= 11 is 0. The number of hydrogen-bond acceptors (Lipinski definition) is 4. The van der Waals surface area contributed by atoms with Crippen LogP contribution in [0, 0.1) is 0 Å². The maximum atomic E-state index is 5.72. The summed E-state index contributed by atoms with van der Waals surface area (Å²) in [5, 5.41) is 3.41. The fraction of sp³-hybridized carbons (Fsp3) is 0.545. The molecule has 4 nitrogen and oxygen atoms in total. The Morgan fingerprint density at radius 2 is 2.13 bits per heavy atom. The zero-order chi connectivity index (χ0) is 10.8. The average molecular weight is 206 g/mol. The number of nitrogens with one attached hydrogen (secondary N) is 1. The summed E-state index contributed by atoms with van der Waals surface area (Å²) in [5.74, 6) is 0.978. The Morgan fingerprint density at radius 3 is 2.60 bits per heavy atom. The minimum absolute atomic E-state index is 0.386. The third-order valence-corrected chi connectivity index (χ3v) is 2.75. The van der Waals surface area contributed by atoms with Gasteiger partial charge in [0.2, 0.25) is 0 Å². The molecule has 1 saturated carbocycles. The second-order valence-corrected chi connectivity index (χ2v) is 4.37. The highest BCUT2D eigenvalue weighted by molar-refractivity contribution is 5.48. The molecule has 1 aliphatic carbocycles. The third kappa shape index (κ3) is 2.39. The molecule has 0 amide bonds. The van der Waals surface area contributed by atoms with Crippen LogP contribution in [-0.2, 0) is 0 Å². The van der Waals surface area contributed by atoms with Gasteiger partial charge < -0.3 is 16.0 Å². The van der Waals surface area contributed by atoms with Crippen LogP contribution in [0.4, 0.5) is 11.5 Å². The number of anilines is 2. The van der Waals surface area contributed by atoms with Crippen LogP contribution in [-0.4, -0.2) is 31.2 Å². The summed E-state index contributed by atoms with van der Waals surface area (Å²) in [5.41, 5.74) is 6.81. The summed E-state index contributed by atoms with van der Waals surface area (Å²) in [6.45, 7) is 0. The lowest BCUT2D eigenvalue weighted by atomic mass is 9.87. The first-order chi connectivity index (χ1) is 7.15. The molecule has 2 rings (SSSR count). The Kier molecular flexibility index (Phi) is 2.77. The highest BCUT2D eigenvalue weighted by Crippen LogP contribution is 2.22. The lowest BCUT2D eigenvalue weighted by molar-refractivity contribution is 0.373. The van der Waals surface area contributed by atoms with E-state index in [-0.39, 0.29) is 0 Å². The van der Waals surface area contributed by atoms with Gasteiger partial charge in [-0.1, -0.05) is 0 Å². The average Bonchev–Trinajstić information content (AvgIpc) is 2.16. The van der Waals surface area contributed by atoms with E-state index < -0.39 is 0 Å². The molecule has 1 aromatic heterocycles. The van der Waals surface area contributed by atoms with E-state index in [1.54, 1.807) is 0 Å². The van der Waals surface area contributed by atoms with Crippen LogP contribution in [0.1, 0.15) is 12.8 Å². The normalized spacial score (nSPS) is 24.5. The smallest absolute Gasteiger partial charge is 0.128 e. The lowest BCUT2D eigenvalue weighted by Gasteiger charge is -2.33. The van der Waals surface area contributed by atoms with Gasteiger partial charge in [0.05, 0.1) is 11.9 Å². The zero-order valence-electron chi connectivity index (χ0n) is 9.27. The first-order valence-corrected chi connectivity index (χ1v) is 5.30. The molecular weight excluding hydrogens is 188 g/mol. The van der Waals surface area contributed by atoms with Crippen molar-refractivity contribution in [1.29, 1.82) is 0 Å². The van der Waals surface area contributed by atoms with E-state index in [0.717, 1.165) is 24.3 Å². The molecule has 82 valence electrons. The second-order valence-electron chi connectivity index (χ2n) is 4.37. The van der Waals surface area contributed by atoms with Crippen LogP contribution in [0.3, 0.4) is 0 Å². The van der Waals surface area contributed by atoms with E-state index in [1.807, 2.05) is 31.3 Å². The number of nitrogens with two attached hydrogens (primary N) is 1. The van der Waals surface area contributed by atoms with Crippen molar-refractivity contribution < 1.29 is 0 Å². The number of rotatable bonds is 3. The van der Waals surface area contributed by atoms with E-state index >= 15 is 0 Å². The Morgan fingerprint density at radius 1 is 1.40 bits per heavy atom. The van der Waals surface area contributed by atoms with E-state index in [0.29, 0.717) is 12.1 Å². The minimum atomic E-state index is 0.386. The van der Waals surface area contributed by atoms with Gasteiger partial charge in [0.25, 0.3) is 0 Å². The zero-order valence-corrected chi connectivity index (χ0v) is 9.27. The van der Waals surface area contributed by atoms with Gasteiger partial charge >= 0.3 is 0 Å². The summed E-state index contributed by atoms with van der Waals surface area (Å²) in [6.07, 6.45) is 4.00. The second kappa shape index (κ2) is 4.06. The van der Waals surface area contributed by atoms with Crippen LogP contribution in [0.2, 0.25) is 0 Å². The van der Waals surface area contributed by atoms with Crippen molar-refractivity contribution in [3.63, 3.8) is 0 Å². The van der Waals surface area contributed by atoms with Crippen molar-refractivity contribution in [2.75, 3.05) is 24.3 Å². The molecule has 3 N–H and O–H groups in total. The summed E-state index contributed by atoms with van der Waals surface area (Å²) < 4.78 is 0. The molecule has 0 aliphatic heterocycles. The standard InChI is InChI=1S/C11H18N4/c1-15(2)11-4-3-9(7-13-11)14-10-5-8(12)6-10/h3-4,7-8,10,14H,5-6,12H2,1-2H3. The largest absolute Gasteiger partial charge is 0.381 e. The third-order valence-electron chi connectivity index (χ3n) is 2.75. The molecule has 0 atom stereocenters. The molecule has 1 aromatic rings. The topological polar surface area (TPSA) is 54.2 Å². The number of pyridine rings is 1. The maximum Gasteiger partial charge on any atom is 0.128 e. The summed E-state index contributed by atoms with van der Waals surface area (Å²) in [6, 6.07) is 5.00. The highest BCUT2D eigenvalue weighted by atomic mass is 15.1. The van der Waals surface area contributed by atoms with Crippen molar-refractivity contribution in [3.8, 4) is 0 Å². The fourth-order valence-corrected chi connectivity index (χ4v) is 1.75. The first-order valence-electron chi connectivity index (χ1n) is 5.30. The van der Waals surface area contributed by atoms with Crippen molar-refractivity contribution >= 4 is 11.5 Å². The summed E-state index contributed by atoms with van der Waals surface area (Å²) in [4.78, 5) is 6.33. The Hall–Kier alpha value is -1.29. The predicted molar refractivity (Wildman–Crippen MR) is 63.2 cm³/mol. The SMILES string of the molecule is CN(C)c1ccc(NC2CC(N)C2)cn1. The van der Waals surface area contributed by atoms with E-state index in [9.17, 15) is 0 Å². The van der Waals surface area contributed by atoms with Gasteiger partial charge in [0, 0.05) is 26.2 Å². The molecule has 1 fully saturated rings. The highest BCUT2D eigenvalue weighted by Gasteiger charge is 2.25. The van der Waals surface area contributed by atoms with E-state index in [1.165, 1.54) is 0 Å². The molecule has 0 radical (unpaired) electrons. The first kappa shape index (κ1) is 10.2. The van der Waals surface area contributed by atoms with Crippen LogP contribution in [0.15, 0.2) is 18.3 Å². The Bertz CT molecular complexity index is 314. The van der Waals surface area contributed by atoms with Gasteiger partial charge in [-0.15, -0.1) is 0 Å². The summed E-state index contributed by atoms with van der Waals surface area (Å²) in [7, 11) is 3.97. The molecular formula is C11H18N4. The minimum Gasteiger partial charge on any atom is -0.381 e. The van der Waals surface area contributed by atoms with Crippen LogP contribution in [0.5, 0.6) is 0 Å². The van der Waals surface area contributed by atoms with Gasteiger partial charge in [-0.25, -0.2) is 4.98 Å². The molecule has 1 heterocycles.